The highest BCUT2D eigenvalue weighted by molar-refractivity contribution is 5.50. The van der Waals surface area contributed by atoms with Gasteiger partial charge in [-0.25, -0.2) is 4.39 Å². The molecule has 0 saturated carbocycles. The van der Waals surface area contributed by atoms with Gasteiger partial charge in [0.25, 0.3) is 0 Å². The molecule has 13 heavy (non-hydrogen) atoms. The van der Waals surface area contributed by atoms with Crippen LogP contribution < -0.4 is 4.74 Å². The Hall–Kier alpha value is -1.38. The minimum atomic E-state index is -0.383. The molecule has 0 heterocycles. The van der Waals surface area contributed by atoms with Crippen LogP contribution in [0.3, 0.4) is 0 Å². The van der Waals surface area contributed by atoms with Gasteiger partial charge >= 0.3 is 0 Å². The average molecular weight is 182 g/mol. The minimum absolute atomic E-state index is 0.231. The van der Waals surface area contributed by atoms with Crippen LogP contribution in [0.15, 0.2) is 18.2 Å². The molecule has 0 unspecified atom stereocenters. The second-order valence-corrected chi connectivity index (χ2v) is 2.67. The zero-order valence-electron chi connectivity index (χ0n) is 7.42. The Morgan fingerprint density at radius 1 is 1.54 bits per heavy atom. The molecule has 2 nitrogen and oxygen atoms in total. The molecular formula is C10H11FO2. The first kappa shape index (κ1) is 9.71. The van der Waals surface area contributed by atoms with Crippen molar-refractivity contribution in [3.8, 4) is 5.75 Å². The highest BCUT2D eigenvalue weighted by atomic mass is 19.1. The van der Waals surface area contributed by atoms with Crippen LogP contribution in [0.2, 0.25) is 0 Å². The highest BCUT2D eigenvalue weighted by Gasteiger charge is 2.02. The summed E-state index contributed by atoms with van der Waals surface area (Å²) in [6, 6.07) is 4.71. The monoisotopic (exact) mass is 182 g/mol. The van der Waals surface area contributed by atoms with Gasteiger partial charge in [-0.05, 0) is 24.1 Å². The highest BCUT2D eigenvalue weighted by Crippen LogP contribution is 2.18. The first-order valence-electron chi connectivity index (χ1n) is 4.04. The lowest BCUT2D eigenvalue weighted by Gasteiger charge is -2.03. The number of hydrogen-bond acceptors (Lipinski definition) is 2. The number of ether oxygens (including phenoxy) is 1. The fourth-order valence-corrected chi connectivity index (χ4v) is 1.09. The van der Waals surface area contributed by atoms with Crippen LogP contribution >= 0.6 is 0 Å². The van der Waals surface area contributed by atoms with Crippen molar-refractivity contribution < 1.29 is 13.9 Å². The zero-order chi connectivity index (χ0) is 9.68. The molecule has 0 N–H and O–H groups in total. The van der Waals surface area contributed by atoms with Gasteiger partial charge in [-0.2, -0.15) is 0 Å². The number of carbonyl (C=O) groups excluding carboxylic acids is 1. The van der Waals surface area contributed by atoms with E-state index in [1.165, 1.54) is 13.2 Å². The smallest absolute Gasteiger partial charge is 0.165 e. The van der Waals surface area contributed by atoms with Crippen LogP contribution in [0, 0.1) is 5.82 Å². The molecule has 0 bridgehead atoms. The molecule has 0 radical (unpaired) electrons. The van der Waals surface area contributed by atoms with Gasteiger partial charge in [-0.3, -0.25) is 0 Å². The summed E-state index contributed by atoms with van der Waals surface area (Å²) in [6.07, 6.45) is 1.82. The van der Waals surface area contributed by atoms with Crippen molar-refractivity contribution in [1.29, 1.82) is 0 Å². The van der Waals surface area contributed by atoms with Gasteiger partial charge in [0.2, 0.25) is 0 Å². The minimum Gasteiger partial charge on any atom is -0.494 e. The fraction of sp³-hybridized carbons (Fsp3) is 0.300. The second kappa shape index (κ2) is 4.60. The summed E-state index contributed by atoms with van der Waals surface area (Å²) in [7, 11) is 1.42. The van der Waals surface area contributed by atoms with E-state index >= 15 is 0 Å². The molecule has 0 spiro atoms. The fourth-order valence-electron chi connectivity index (χ4n) is 1.09. The molecule has 1 aromatic rings. The number of benzene rings is 1. The first-order valence-corrected chi connectivity index (χ1v) is 4.04. The summed E-state index contributed by atoms with van der Waals surface area (Å²) < 4.78 is 17.8. The normalized spacial score (nSPS) is 9.69. The van der Waals surface area contributed by atoms with Gasteiger partial charge in [-0.1, -0.05) is 6.07 Å². The van der Waals surface area contributed by atoms with E-state index in [-0.39, 0.29) is 11.6 Å². The maximum absolute atomic E-state index is 13.1. The van der Waals surface area contributed by atoms with E-state index in [0.717, 1.165) is 11.8 Å². The first-order chi connectivity index (χ1) is 6.27. The summed E-state index contributed by atoms with van der Waals surface area (Å²) in [5.74, 6) is -0.152. The van der Waals surface area contributed by atoms with Crippen molar-refractivity contribution >= 4 is 6.29 Å². The van der Waals surface area contributed by atoms with Crippen LogP contribution in [0.1, 0.15) is 12.0 Å². The number of halogens is 1. The predicted octanol–water partition coefficient (Wildman–Crippen LogP) is 1.97. The molecule has 0 fully saturated rings. The van der Waals surface area contributed by atoms with Gasteiger partial charge in [0.15, 0.2) is 11.6 Å². The second-order valence-electron chi connectivity index (χ2n) is 2.67. The molecular weight excluding hydrogens is 171 g/mol. The van der Waals surface area contributed by atoms with Crippen molar-refractivity contribution in [2.75, 3.05) is 7.11 Å². The van der Waals surface area contributed by atoms with Gasteiger partial charge in [0.05, 0.1) is 7.11 Å². The molecule has 1 aromatic carbocycles. The van der Waals surface area contributed by atoms with E-state index in [1.54, 1.807) is 12.1 Å². The molecule has 1 rings (SSSR count). The quantitative estimate of drug-likeness (QED) is 0.665. The largest absolute Gasteiger partial charge is 0.494 e. The van der Waals surface area contributed by atoms with E-state index < -0.39 is 0 Å². The third-order valence-electron chi connectivity index (χ3n) is 1.77. The van der Waals surface area contributed by atoms with Crippen molar-refractivity contribution in [2.24, 2.45) is 0 Å². The van der Waals surface area contributed by atoms with Gasteiger partial charge in [0, 0.05) is 6.42 Å². The van der Waals surface area contributed by atoms with E-state index in [9.17, 15) is 9.18 Å². The Morgan fingerprint density at radius 3 is 2.85 bits per heavy atom. The van der Waals surface area contributed by atoms with Crippen LogP contribution in [0.5, 0.6) is 5.75 Å². The molecule has 70 valence electrons. The Labute approximate surface area is 76.3 Å². The third-order valence-corrected chi connectivity index (χ3v) is 1.77. The lowest BCUT2D eigenvalue weighted by Crippen LogP contribution is -1.91. The number of rotatable bonds is 4. The number of carbonyl (C=O) groups is 1. The Bertz CT molecular complexity index is 297. The predicted molar refractivity (Wildman–Crippen MR) is 47.3 cm³/mol. The molecule has 0 aliphatic carbocycles. The lowest BCUT2D eigenvalue weighted by atomic mass is 10.1. The summed E-state index contributed by atoms with van der Waals surface area (Å²) in [5.41, 5.74) is 0.811. The van der Waals surface area contributed by atoms with E-state index in [2.05, 4.69) is 0 Å². The Morgan fingerprint density at radius 2 is 2.31 bits per heavy atom. The lowest BCUT2D eigenvalue weighted by molar-refractivity contribution is -0.107. The van der Waals surface area contributed by atoms with Crippen molar-refractivity contribution in [2.45, 2.75) is 12.8 Å². The van der Waals surface area contributed by atoms with Crippen LogP contribution in [-0.4, -0.2) is 13.4 Å². The van der Waals surface area contributed by atoms with E-state index in [0.29, 0.717) is 12.8 Å². The van der Waals surface area contributed by atoms with Crippen LogP contribution in [0.4, 0.5) is 4.39 Å². The third kappa shape index (κ3) is 2.54. The summed E-state index contributed by atoms with van der Waals surface area (Å²) in [5, 5.41) is 0. The maximum Gasteiger partial charge on any atom is 0.165 e. The SMILES string of the molecule is COc1ccc(CCC=O)cc1F. The molecule has 0 amide bonds. The molecule has 3 heteroatoms. The summed E-state index contributed by atoms with van der Waals surface area (Å²) >= 11 is 0. The standard InChI is InChI=1S/C10H11FO2/c1-13-10-5-4-8(3-2-6-12)7-9(10)11/h4-7H,2-3H2,1H3. The Kier molecular flexibility index (Phi) is 3.43. The van der Waals surface area contributed by atoms with Gasteiger partial charge in [0.1, 0.15) is 6.29 Å². The van der Waals surface area contributed by atoms with Gasteiger partial charge < -0.3 is 9.53 Å². The summed E-state index contributed by atoms with van der Waals surface area (Å²) in [6.45, 7) is 0. The number of aryl methyl sites for hydroxylation is 1. The van der Waals surface area contributed by atoms with Crippen molar-refractivity contribution in [3.05, 3.63) is 29.6 Å². The van der Waals surface area contributed by atoms with Crippen molar-refractivity contribution in [3.63, 3.8) is 0 Å². The van der Waals surface area contributed by atoms with E-state index in [1.807, 2.05) is 0 Å². The average Bonchev–Trinajstić information content (AvgIpc) is 2.15. The van der Waals surface area contributed by atoms with Gasteiger partial charge in [-0.15, -0.1) is 0 Å². The molecule has 0 aromatic heterocycles. The van der Waals surface area contributed by atoms with Crippen LogP contribution in [-0.2, 0) is 11.2 Å². The van der Waals surface area contributed by atoms with E-state index in [4.69, 9.17) is 4.74 Å². The van der Waals surface area contributed by atoms with Crippen LogP contribution in [0.25, 0.3) is 0 Å². The number of hydrogen-bond donors (Lipinski definition) is 0. The van der Waals surface area contributed by atoms with Crippen molar-refractivity contribution in [1.82, 2.24) is 0 Å². The molecule has 0 atom stereocenters. The summed E-state index contributed by atoms with van der Waals surface area (Å²) in [4.78, 5) is 10.1. The zero-order valence-corrected chi connectivity index (χ0v) is 7.42. The Balaban J connectivity index is 2.76. The number of methoxy groups -OCH3 is 1. The maximum atomic E-state index is 13.1. The molecule has 0 aliphatic rings. The topological polar surface area (TPSA) is 26.3 Å². The molecule has 0 aliphatic heterocycles. The molecule has 0 saturated heterocycles. The number of aldehydes is 1.